The first-order valence-electron chi connectivity index (χ1n) is 5.76. The number of aromatic nitrogens is 2. The van der Waals surface area contributed by atoms with Crippen LogP contribution in [-0.2, 0) is 0 Å². The van der Waals surface area contributed by atoms with E-state index in [2.05, 4.69) is 15.3 Å². The molecule has 0 unspecified atom stereocenters. The molecule has 0 bridgehead atoms. The Morgan fingerprint density at radius 1 is 1.26 bits per heavy atom. The lowest BCUT2D eigenvalue weighted by Crippen LogP contribution is -2.12. The van der Waals surface area contributed by atoms with E-state index < -0.39 is 0 Å². The Morgan fingerprint density at radius 3 is 3.00 bits per heavy atom. The minimum atomic E-state index is -0.314. The number of aromatic hydroxyl groups is 1. The highest BCUT2D eigenvalue weighted by atomic mass is 16.3. The van der Waals surface area contributed by atoms with Gasteiger partial charge in [-0.2, -0.15) is 0 Å². The molecule has 2 heterocycles. The number of benzene rings is 1. The lowest BCUT2D eigenvalue weighted by molar-refractivity contribution is 0.102. The molecule has 0 aliphatic carbocycles. The summed E-state index contributed by atoms with van der Waals surface area (Å²) in [5.74, 6) is -0.221. The molecule has 0 spiro atoms. The molecule has 0 atom stereocenters. The van der Waals surface area contributed by atoms with E-state index in [1.54, 1.807) is 18.2 Å². The number of amides is 1. The van der Waals surface area contributed by atoms with E-state index >= 15 is 0 Å². The lowest BCUT2D eigenvalue weighted by atomic mass is 10.1. The summed E-state index contributed by atoms with van der Waals surface area (Å²) in [6.07, 6.45) is 3.32. The summed E-state index contributed by atoms with van der Waals surface area (Å²) in [4.78, 5) is 19.0. The summed E-state index contributed by atoms with van der Waals surface area (Å²) in [6.45, 7) is 0. The van der Waals surface area contributed by atoms with Crippen molar-refractivity contribution in [2.75, 3.05) is 5.32 Å². The van der Waals surface area contributed by atoms with Crippen molar-refractivity contribution < 1.29 is 9.90 Å². The molecule has 0 saturated heterocycles. The van der Waals surface area contributed by atoms with Crippen molar-refractivity contribution in [2.45, 2.75) is 0 Å². The van der Waals surface area contributed by atoms with Gasteiger partial charge in [0.15, 0.2) is 11.6 Å². The second-order valence-electron chi connectivity index (χ2n) is 4.10. The standard InChI is InChI=1S/C14H11N3O2/c18-12-2-1-6-16-13(12)17-14(19)10-4-3-9-5-7-15-11(9)8-10/h1-8,15,18H,(H,16,17,19). The van der Waals surface area contributed by atoms with E-state index in [9.17, 15) is 9.90 Å². The van der Waals surface area contributed by atoms with Crippen molar-refractivity contribution in [3.63, 3.8) is 0 Å². The molecule has 0 aliphatic rings. The first-order valence-corrected chi connectivity index (χ1v) is 5.76. The van der Waals surface area contributed by atoms with Crippen molar-refractivity contribution in [2.24, 2.45) is 0 Å². The van der Waals surface area contributed by atoms with E-state index in [-0.39, 0.29) is 17.5 Å². The minimum Gasteiger partial charge on any atom is -0.504 e. The van der Waals surface area contributed by atoms with Gasteiger partial charge in [-0.05, 0) is 35.7 Å². The van der Waals surface area contributed by atoms with Crippen LogP contribution in [0.1, 0.15) is 10.4 Å². The first-order chi connectivity index (χ1) is 9.24. The average Bonchev–Trinajstić information content (AvgIpc) is 2.88. The van der Waals surface area contributed by atoms with E-state index in [4.69, 9.17) is 0 Å². The number of nitrogens with one attached hydrogen (secondary N) is 2. The SMILES string of the molecule is O=C(Nc1ncccc1O)c1ccc2cc[nH]c2c1. The van der Waals surface area contributed by atoms with Gasteiger partial charge in [0, 0.05) is 23.5 Å². The zero-order valence-electron chi connectivity index (χ0n) is 9.92. The molecular formula is C14H11N3O2. The molecule has 19 heavy (non-hydrogen) atoms. The molecule has 1 aromatic carbocycles. The van der Waals surface area contributed by atoms with Crippen LogP contribution in [0.3, 0.4) is 0 Å². The van der Waals surface area contributed by atoms with Crippen molar-refractivity contribution in [1.82, 2.24) is 9.97 Å². The Balaban J connectivity index is 1.89. The predicted molar refractivity (Wildman–Crippen MR) is 72.2 cm³/mol. The normalized spacial score (nSPS) is 10.5. The van der Waals surface area contributed by atoms with Crippen molar-refractivity contribution in [3.8, 4) is 5.75 Å². The van der Waals surface area contributed by atoms with Crippen molar-refractivity contribution in [1.29, 1.82) is 0 Å². The van der Waals surface area contributed by atoms with Gasteiger partial charge in [-0.25, -0.2) is 4.98 Å². The van der Waals surface area contributed by atoms with Crippen LogP contribution in [0.5, 0.6) is 5.75 Å². The van der Waals surface area contributed by atoms with Crippen LogP contribution in [-0.4, -0.2) is 21.0 Å². The number of aromatic amines is 1. The van der Waals surface area contributed by atoms with E-state index in [0.29, 0.717) is 5.56 Å². The van der Waals surface area contributed by atoms with Gasteiger partial charge in [-0.15, -0.1) is 0 Å². The fourth-order valence-corrected chi connectivity index (χ4v) is 1.86. The van der Waals surface area contributed by atoms with Crippen LogP contribution in [0, 0.1) is 0 Å². The summed E-state index contributed by atoms with van der Waals surface area (Å²) >= 11 is 0. The van der Waals surface area contributed by atoms with Gasteiger partial charge < -0.3 is 15.4 Å². The first kappa shape index (κ1) is 11.3. The van der Waals surface area contributed by atoms with Gasteiger partial charge in [0.05, 0.1) is 0 Å². The number of nitrogens with zero attached hydrogens (tertiary/aromatic N) is 1. The third-order valence-electron chi connectivity index (χ3n) is 2.84. The van der Waals surface area contributed by atoms with Gasteiger partial charge >= 0.3 is 0 Å². The topological polar surface area (TPSA) is 78.0 Å². The summed E-state index contributed by atoms with van der Waals surface area (Å²) in [6, 6.07) is 10.3. The Morgan fingerprint density at radius 2 is 2.16 bits per heavy atom. The van der Waals surface area contributed by atoms with Crippen LogP contribution in [0.4, 0.5) is 5.82 Å². The van der Waals surface area contributed by atoms with Crippen molar-refractivity contribution >= 4 is 22.6 Å². The third kappa shape index (κ3) is 2.13. The van der Waals surface area contributed by atoms with Gasteiger partial charge in [-0.1, -0.05) is 6.07 Å². The van der Waals surface area contributed by atoms with Gasteiger partial charge in [0.25, 0.3) is 5.91 Å². The monoisotopic (exact) mass is 253 g/mol. The molecule has 5 heteroatoms. The molecular weight excluding hydrogens is 242 g/mol. The highest BCUT2D eigenvalue weighted by Crippen LogP contribution is 2.20. The van der Waals surface area contributed by atoms with E-state index in [1.807, 2.05) is 18.3 Å². The summed E-state index contributed by atoms with van der Waals surface area (Å²) in [5, 5.41) is 13.2. The number of hydrogen-bond acceptors (Lipinski definition) is 3. The highest BCUT2D eigenvalue weighted by molar-refractivity contribution is 6.06. The summed E-state index contributed by atoms with van der Waals surface area (Å²) in [5.41, 5.74) is 1.39. The van der Waals surface area contributed by atoms with Gasteiger partial charge in [0.1, 0.15) is 0 Å². The minimum absolute atomic E-state index is 0.0585. The van der Waals surface area contributed by atoms with Crippen LogP contribution >= 0.6 is 0 Å². The maximum absolute atomic E-state index is 12.1. The fraction of sp³-hybridized carbons (Fsp3) is 0. The number of fused-ring (bicyclic) bond motifs is 1. The molecule has 3 rings (SSSR count). The van der Waals surface area contributed by atoms with Crippen LogP contribution in [0.25, 0.3) is 10.9 Å². The van der Waals surface area contributed by atoms with Crippen molar-refractivity contribution in [3.05, 3.63) is 54.4 Å². The number of H-pyrrole nitrogens is 1. The maximum atomic E-state index is 12.1. The zero-order chi connectivity index (χ0) is 13.2. The number of carbonyl (C=O) groups is 1. The molecule has 0 aliphatic heterocycles. The number of anilines is 1. The number of pyridine rings is 1. The smallest absolute Gasteiger partial charge is 0.256 e. The molecule has 0 fully saturated rings. The molecule has 5 nitrogen and oxygen atoms in total. The highest BCUT2D eigenvalue weighted by Gasteiger charge is 2.10. The van der Waals surface area contributed by atoms with Crippen LogP contribution in [0.15, 0.2) is 48.8 Å². The molecule has 3 N–H and O–H groups in total. The number of carbonyl (C=O) groups excluding carboxylic acids is 1. The van der Waals surface area contributed by atoms with Crippen LogP contribution in [0.2, 0.25) is 0 Å². The molecule has 1 amide bonds. The predicted octanol–water partition coefficient (Wildman–Crippen LogP) is 2.52. The van der Waals surface area contributed by atoms with Gasteiger partial charge in [-0.3, -0.25) is 4.79 Å². The van der Waals surface area contributed by atoms with Crippen LogP contribution < -0.4 is 5.32 Å². The summed E-state index contributed by atoms with van der Waals surface area (Å²) in [7, 11) is 0. The Kier molecular flexibility index (Phi) is 2.64. The maximum Gasteiger partial charge on any atom is 0.256 e. The second kappa shape index (κ2) is 4.45. The third-order valence-corrected chi connectivity index (χ3v) is 2.84. The largest absolute Gasteiger partial charge is 0.504 e. The molecule has 94 valence electrons. The summed E-state index contributed by atoms with van der Waals surface area (Å²) < 4.78 is 0. The Hall–Kier alpha value is -2.82. The number of rotatable bonds is 2. The van der Waals surface area contributed by atoms with E-state index in [1.165, 1.54) is 12.3 Å². The molecule has 3 aromatic rings. The zero-order valence-corrected chi connectivity index (χ0v) is 9.92. The van der Waals surface area contributed by atoms with Gasteiger partial charge in [0.2, 0.25) is 0 Å². The van der Waals surface area contributed by atoms with E-state index in [0.717, 1.165) is 10.9 Å². The average molecular weight is 253 g/mol. The molecule has 2 aromatic heterocycles. The molecule has 0 radical (unpaired) electrons. The fourth-order valence-electron chi connectivity index (χ4n) is 1.86. The second-order valence-corrected chi connectivity index (χ2v) is 4.10. The Labute approximate surface area is 108 Å². The Bertz CT molecular complexity index is 749. The quantitative estimate of drug-likeness (QED) is 0.656. The molecule has 0 saturated carbocycles. The lowest BCUT2D eigenvalue weighted by Gasteiger charge is -2.05. The number of hydrogen-bond donors (Lipinski definition) is 3.